The number of aryl methyl sites for hydroxylation is 1. The highest BCUT2D eigenvalue weighted by molar-refractivity contribution is 5.91. The summed E-state index contributed by atoms with van der Waals surface area (Å²) in [5.74, 6) is 1.12. The first-order valence-electron chi connectivity index (χ1n) is 11.1. The van der Waals surface area contributed by atoms with Gasteiger partial charge in [-0.15, -0.1) is 0 Å². The standard InChI is InChI=1S/C25H26N4O3/c1-25(2,3)32-24(30)29-21-12-10-17(13-19(21)23(28-29)15-7-8-15)31-22-6-4-5-20-18(22)11-9-16(14-26)27-20/h9-13,15,22H,4-8H2,1-3H3. The first kappa shape index (κ1) is 20.5. The van der Waals surface area contributed by atoms with Crippen LogP contribution in [0, 0.1) is 11.3 Å². The van der Waals surface area contributed by atoms with Gasteiger partial charge in [-0.2, -0.15) is 15.0 Å². The predicted molar refractivity (Wildman–Crippen MR) is 119 cm³/mol. The summed E-state index contributed by atoms with van der Waals surface area (Å²) >= 11 is 0. The van der Waals surface area contributed by atoms with Crippen molar-refractivity contribution in [1.82, 2.24) is 14.8 Å². The topological polar surface area (TPSA) is 90.0 Å². The van der Waals surface area contributed by atoms with Crippen molar-refractivity contribution in [2.75, 3.05) is 0 Å². The molecule has 0 aliphatic heterocycles. The van der Waals surface area contributed by atoms with E-state index in [-0.39, 0.29) is 6.10 Å². The number of nitriles is 1. The van der Waals surface area contributed by atoms with E-state index in [2.05, 4.69) is 16.2 Å². The molecule has 3 aromatic rings. The molecule has 1 unspecified atom stereocenters. The van der Waals surface area contributed by atoms with E-state index in [9.17, 15) is 4.79 Å². The maximum Gasteiger partial charge on any atom is 0.435 e. The number of aromatic nitrogens is 3. The number of ether oxygens (including phenoxy) is 2. The van der Waals surface area contributed by atoms with E-state index in [1.54, 1.807) is 6.07 Å². The summed E-state index contributed by atoms with van der Waals surface area (Å²) in [5, 5.41) is 14.7. The van der Waals surface area contributed by atoms with Gasteiger partial charge >= 0.3 is 6.09 Å². The third-order valence-electron chi connectivity index (χ3n) is 5.84. The Labute approximate surface area is 187 Å². The number of hydrogen-bond acceptors (Lipinski definition) is 6. The molecular formula is C25H26N4O3. The molecule has 0 amide bonds. The van der Waals surface area contributed by atoms with Gasteiger partial charge in [-0.25, -0.2) is 9.78 Å². The lowest BCUT2D eigenvalue weighted by atomic mass is 9.93. The van der Waals surface area contributed by atoms with Gasteiger partial charge in [-0.1, -0.05) is 6.07 Å². The third-order valence-corrected chi connectivity index (χ3v) is 5.84. The van der Waals surface area contributed by atoms with Crippen LogP contribution in [0.15, 0.2) is 30.3 Å². The van der Waals surface area contributed by atoms with Crippen LogP contribution >= 0.6 is 0 Å². The van der Waals surface area contributed by atoms with E-state index in [0.29, 0.717) is 11.6 Å². The zero-order valence-electron chi connectivity index (χ0n) is 18.6. The minimum Gasteiger partial charge on any atom is -0.486 e. The molecule has 2 aliphatic carbocycles. The van der Waals surface area contributed by atoms with Crippen molar-refractivity contribution in [3.63, 3.8) is 0 Å². The quantitative estimate of drug-likeness (QED) is 0.551. The molecular weight excluding hydrogens is 404 g/mol. The summed E-state index contributed by atoms with van der Waals surface area (Å²) in [7, 11) is 0. The first-order valence-corrected chi connectivity index (χ1v) is 11.1. The monoisotopic (exact) mass is 430 g/mol. The lowest BCUT2D eigenvalue weighted by molar-refractivity contribution is 0.0522. The van der Waals surface area contributed by atoms with Crippen molar-refractivity contribution in [3.05, 3.63) is 53.0 Å². The van der Waals surface area contributed by atoms with Crippen LogP contribution in [-0.2, 0) is 11.2 Å². The van der Waals surface area contributed by atoms with E-state index >= 15 is 0 Å². The van der Waals surface area contributed by atoms with Crippen molar-refractivity contribution >= 4 is 17.0 Å². The smallest absolute Gasteiger partial charge is 0.435 e. The van der Waals surface area contributed by atoms with Crippen molar-refractivity contribution < 1.29 is 14.3 Å². The van der Waals surface area contributed by atoms with Gasteiger partial charge in [0, 0.05) is 22.6 Å². The van der Waals surface area contributed by atoms with Gasteiger partial charge in [-0.05, 0) is 77.1 Å². The molecule has 1 atom stereocenters. The van der Waals surface area contributed by atoms with Gasteiger partial charge in [0.15, 0.2) is 0 Å². The van der Waals surface area contributed by atoms with E-state index in [4.69, 9.17) is 14.7 Å². The maximum absolute atomic E-state index is 12.7. The summed E-state index contributed by atoms with van der Waals surface area (Å²) in [4.78, 5) is 17.2. The third kappa shape index (κ3) is 3.93. The van der Waals surface area contributed by atoms with Crippen LogP contribution in [0.2, 0.25) is 0 Å². The zero-order chi connectivity index (χ0) is 22.5. The molecule has 1 fully saturated rings. The molecule has 0 saturated heterocycles. The fraction of sp³-hybridized carbons (Fsp3) is 0.440. The summed E-state index contributed by atoms with van der Waals surface area (Å²) in [6, 6.07) is 11.6. The summed E-state index contributed by atoms with van der Waals surface area (Å²) < 4.78 is 13.3. The Morgan fingerprint density at radius 3 is 2.72 bits per heavy atom. The Hall–Kier alpha value is -3.40. The number of benzene rings is 1. The second kappa shape index (κ2) is 7.63. The summed E-state index contributed by atoms with van der Waals surface area (Å²) in [5.41, 5.74) is 3.50. The van der Waals surface area contributed by atoms with Gasteiger partial charge in [0.2, 0.25) is 0 Å². The van der Waals surface area contributed by atoms with Crippen LogP contribution in [0.3, 0.4) is 0 Å². The minimum absolute atomic E-state index is 0.110. The van der Waals surface area contributed by atoms with E-state index < -0.39 is 11.7 Å². The number of carbonyl (C=O) groups is 1. The molecule has 0 bridgehead atoms. The Morgan fingerprint density at radius 2 is 2.00 bits per heavy atom. The Bertz CT molecular complexity index is 1240. The Balaban J connectivity index is 1.48. The van der Waals surface area contributed by atoms with E-state index in [1.807, 2.05) is 45.0 Å². The van der Waals surface area contributed by atoms with Crippen LogP contribution < -0.4 is 4.74 Å². The van der Waals surface area contributed by atoms with Crippen molar-refractivity contribution in [2.24, 2.45) is 0 Å². The summed E-state index contributed by atoms with van der Waals surface area (Å²) in [6.07, 6.45) is 4.29. The lowest BCUT2D eigenvalue weighted by Crippen LogP contribution is -2.27. The summed E-state index contributed by atoms with van der Waals surface area (Å²) in [6.45, 7) is 5.54. The molecule has 0 spiro atoms. The largest absolute Gasteiger partial charge is 0.486 e. The van der Waals surface area contributed by atoms with Crippen molar-refractivity contribution in [2.45, 2.75) is 70.5 Å². The van der Waals surface area contributed by atoms with Crippen LogP contribution in [0.25, 0.3) is 10.9 Å². The Kier molecular flexibility index (Phi) is 4.89. The fourth-order valence-electron chi connectivity index (χ4n) is 4.26. The number of pyridine rings is 1. The highest BCUT2D eigenvalue weighted by Crippen LogP contribution is 2.43. The Morgan fingerprint density at radius 1 is 1.19 bits per heavy atom. The van der Waals surface area contributed by atoms with Gasteiger partial charge in [0.05, 0.1) is 11.2 Å². The second-order valence-corrected chi connectivity index (χ2v) is 9.57. The SMILES string of the molecule is CC(C)(C)OC(=O)n1nc(C2CC2)c2cc(OC3CCCc4nc(C#N)ccc43)ccc21. The molecule has 1 saturated carbocycles. The molecule has 164 valence electrons. The molecule has 32 heavy (non-hydrogen) atoms. The van der Waals surface area contributed by atoms with E-state index in [0.717, 1.165) is 65.7 Å². The first-order chi connectivity index (χ1) is 15.3. The van der Waals surface area contributed by atoms with E-state index in [1.165, 1.54) is 4.68 Å². The van der Waals surface area contributed by atoms with Gasteiger partial charge < -0.3 is 9.47 Å². The number of fused-ring (bicyclic) bond motifs is 2. The van der Waals surface area contributed by atoms with Crippen LogP contribution in [0.1, 0.15) is 81.1 Å². The number of rotatable bonds is 3. The average Bonchev–Trinajstić information content (AvgIpc) is 3.52. The molecule has 2 aliphatic rings. The number of hydrogen-bond donors (Lipinski definition) is 0. The van der Waals surface area contributed by atoms with Gasteiger partial charge in [0.25, 0.3) is 0 Å². The fourth-order valence-corrected chi connectivity index (χ4v) is 4.26. The molecule has 2 aromatic heterocycles. The highest BCUT2D eigenvalue weighted by Gasteiger charge is 2.32. The van der Waals surface area contributed by atoms with Gasteiger partial charge in [-0.3, -0.25) is 0 Å². The maximum atomic E-state index is 12.7. The van der Waals surface area contributed by atoms with Crippen LogP contribution in [0.5, 0.6) is 5.75 Å². The highest BCUT2D eigenvalue weighted by atomic mass is 16.6. The van der Waals surface area contributed by atoms with Crippen LogP contribution in [-0.4, -0.2) is 26.5 Å². The minimum atomic E-state index is -0.591. The number of carbonyl (C=O) groups excluding carboxylic acids is 1. The van der Waals surface area contributed by atoms with Gasteiger partial charge in [0.1, 0.15) is 29.2 Å². The molecule has 7 heteroatoms. The predicted octanol–water partition coefficient (Wildman–Crippen LogP) is 5.42. The molecule has 1 aromatic carbocycles. The average molecular weight is 431 g/mol. The zero-order valence-corrected chi connectivity index (χ0v) is 18.6. The number of nitrogens with zero attached hydrogens (tertiary/aromatic N) is 4. The normalized spacial score (nSPS) is 18.1. The lowest BCUT2D eigenvalue weighted by Gasteiger charge is -2.25. The van der Waals surface area contributed by atoms with Crippen LogP contribution in [0.4, 0.5) is 4.79 Å². The molecule has 0 N–H and O–H groups in total. The molecule has 7 nitrogen and oxygen atoms in total. The van der Waals surface area contributed by atoms with Crippen molar-refractivity contribution in [3.8, 4) is 11.8 Å². The molecule has 5 rings (SSSR count). The molecule has 2 heterocycles. The van der Waals surface area contributed by atoms with Crippen molar-refractivity contribution in [1.29, 1.82) is 5.26 Å². The molecule has 0 radical (unpaired) electrons. The second-order valence-electron chi connectivity index (χ2n) is 9.57.